The van der Waals surface area contributed by atoms with Crippen molar-refractivity contribution >= 4 is 11.3 Å². The zero-order valence-corrected chi connectivity index (χ0v) is 15.8. The van der Waals surface area contributed by atoms with Gasteiger partial charge < -0.3 is 9.64 Å². The van der Waals surface area contributed by atoms with Crippen LogP contribution in [0.5, 0.6) is 5.88 Å². The number of halogens is 1. The highest BCUT2D eigenvalue weighted by Crippen LogP contribution is 2.33. The van der Waals surface area contributed by atoms with Crippen LogP contribution in [0.25, 0.3) is 17.0 Å². The largest absolute Gasteiger partial charge is 0.464 e. The van der Waals surface area contributed by atoms with Gasteiger partial charge in [0.2, 0.25) is 0 Å². The van der Waals surface area contributed by atoms with Crippen LogP contribution in [-0.2, 0) is 0 Å². The molecular formula is C19H19FN8O. The van der Waals surface area contributed by atoms with Gasteiger partial charge in [-0.1, -0.05) is 12.1 Å². The highest BCUT2D eigenvalue weighted by atomic mass is 19.1. The number of fused-ring (bicyclic) bond motifs is 1. The van der Waals surface area contributed by atoms with Crippen molar-refractivity contribution in [3.8, 4) is 17.3 Å². The molecule has 3 aromatic heterocycles. The molecular weight excluding hydrogens is 375 g/mol. The number of aromatic amines is 1. The van der Waals surface area contributed by atoms with Crippen molar-refractivity contribution in [2.75, 3.05) is 18.0 Å². The average Bonchev–Trinajstić information content (AvgIpc) is 3.49. The lowest BCUT2D eigenvalue weighted by molar-refractivity contribution is 0.205. The fraction of sp³-hybridized carbons (Fsp3) is 0.316. The van der Waals surface area contributed by atoms with E-state index >= 15 is 0 Å². The molecule has 148 valence electrons. The third kappa shape index (κ3) is 3.16. The summed E-state index contributed by atoms with van der Waals surface area (Å²) in [6.45, 7) is 3.68. The highest BCUT2D eigenvalue weighted by Gasteiger charge is 2.24. The van der Waals surface area contributed by atoms with E-state index in [0.717, 1.165) is 31.6 Å². The van der Waals surface area contributed by atoms with Crippen LogP contribution >= 0.6 is 0 Å². The van der Waals surface area contributed by atoms with Crippen LogP contribution in [0.3, 0.4) is 0 Å². The van der Waals surface area contributed by atoms with Gasteiger partial charge in [-0.2, -0.15) is 9.61 Å². The van der Waals surface area contributed by atoms with Crippen LogP contribution in [0.4, 0.5) is 10.1 Å². The van der Waals surface area contributed by atoms with E-state index in [-0.39, 0.29) is 5.82 Å². The molecule has 0 spiro atoms. The number of nitrogens with one attached hydrogen (secondary N) is 1. The minimum absolute atomic E-state index is 0.321. The summed E-state index contributed by atoms with van der Waals surface area (Å²) in [5.41, 5.74) is 1.70. The molecule has 1 aliphatic heterocycles. The van der Waals surface area contributed by atoms with E-state index in [1.807, 2.05) is 13.0 Å². The summed E-state index contributed by atoms with van der Waals surface area (Å²) in [5.74, 6) is 0.872. The first kappa shape index (κ1) is 17.5. The second kappa shape index (κ2) is 7.12. The average molecular weight is 394 g/mol. The van der Waals surface area contributed by atoms with Gasteiger partial charge in [0.1, 0.15) is 17.8 Å². The number of rotatable bonds is 5. The Morgan fingerprint density at radius 3 is 2.76 bits per heavy atom. The fourth-order valence-electron chi connectivity index (χ4n) is 3.52. The van der Waals surface area contributed by atoms with Crippen molar-refractivity contribution in [3.05, 3.63) is 48.3 Å². The molecule has 4 heterocycles. The Bertz CT molecular complexity index is 1140. The molecule has 1 fully saturated rings. The maximum Gasteiger partial charge on any atom is 0.256 e. The number of ether oxygens (including phenoxy) is 1. The molecule has 1 atom stereocenters. The minimum atomic E-state index is -0.416. The summed E-state index contributed by atoms with van der Waals surface area (Å²) in [6.07, 6.45) is 3.30. The summed E-state index contributed by atoms with van der Waals surface area (Å²) in [7, 11) is 0. The first-order chi connectivity index (χ1) is 14.2. The van der Waals surface area contributed by atoms with Crippen LogP contribution in [0.2, 0.25) is 0 Å². The van der Waals surface area contributed by atoms with E-state index in [2.05, 4.69) is 35.4 Å². The molecule has 5 rings (SSSR count). The molecule has 0 aliphatic carbocycles. The quantitative estimate of drug-likeness (QED) is 0.556. The second-order valence-electron chi connectivity index (χ2n) is 6.92. The third-order valence-corrected chi connectivity index (χ3v) is 4.99. The molecule has 1 aromatic carbocycles. The maximum atomic E-state index is 14.3. The van der Waals surface area contributed by atoms with Crippen molar-refractivity contribution in [2.24, 2.45) is 0 Å². The van der Waals surface area contributed by atoms with E-state index in [1.165, 1.54) is 16.9 Å². The zero-order valence-electron chi connectivity index (χ0n) is 15.8. The Labute approximate surface area is 165 Å². The lowest BCUT2D eigenvalue weighted by atomic mass is 10.2. The molecule has 1 saturated heterocycles. The van der Waals surface area contributed by atoms with Gasteiger partial charge in [0, 0.05) is 19.2 Å². The number of hydrogen-bond acceptors (Lipinski definition) is 7. The lowest BCUT2D eigenvalue weighted by Crippen LogP contribution is -2.20. The Hall–Kier alpha value is -3.56. The molecule has 1 aliphatic rings. The molecule has 4 aromatic rings. The predicted molar refractivity (Wildman–Crippen MR) is 103 cm³/mol. The molecule has 1 unspecified atom stereocenters. The lowest BCUT2D eigenvalue weighted by Gasteiger charge is -2.22. The van der Waals surface area contributed by atoms with Crippen molar-refractivity contribution < 1.29 is 9.13 Å². The third-order valence-electron chi connectivity index (χ3n) is 4.99. The van der Waals surface area contributed by atoms with Gasteiger partial charge in [-0.3, -0.25) is 5.10 Å². The fourth-order valence-corrected chi connectivity index (χ4v) is 3.52. The van der Waals surface area contributed by atoms with Crippen LogP contribution in [0, 0.1) is 5.82 Å². The van der Waals surface area contributed by atoms with E-state index in [4.69, 9.17) is 4.74 Å². The van der Waals surface area contributed by atoms with Crippen molar-refractivity contribution in [1.29, 1.82) is 0 Å². The van der Waals surface area contributed by atoms with Gasteiger partial charge in [0.25, 0.3) is 5.88 Å². The number of aromatic nitrogens is 7. The van der Waals surface area contributed by atoms with E-state index in [0.29, 0.717) is 28.7 Å². The number of anilines is 1. The molecule has 9 nitrogen and oxygen atoms in total. The predicted octanol–water partition coefficient (Wildman–Crippen LogP) is 2.79. The Morgan fingerprint density at radius 2 is 2.00 bits per heavy atom. The summed E-state index contributed by atoms with van der Waals surface area (Å²) >= 11 is 0. The Kier molecular flexibility index (Phi) is 4.30. The van der Waals surface area contributed by atoms with Crippen LogP contribution in [-0.4, -0.2) is 48.1 Å². The first-order valence-electron chi connectivity index (χ1n) is 9.49. The zero-order chi connectivity index (χ0) is 19.8. The smallest absolute Gasteiger partial charge is 0.256 e. The van der Waals surface area contributed by atoms with E-state index in [9.17, 15) is 4.39 Å². The summed E-state index contributed by atoms with van der Waals surface area (Å²) in [5, 5.41) is 19.8. The van der Waals surface area contributed by atoms with Crippen molar-refractivity contribution in [2.45, 2.75) is 25.9 Å². The van der Waals surface area contributed by atoms with Gasteiger partial charge in [0.05, 0.1) is 5.56 Å². The topological polar surface area (TPSA) is 97.1 Å². The second-order valence-corrected chi connectivity index (χ2v) is 6.92. The van der Waals surface area contributed by atoms with Crippen molar-refractivity contribution in [3.63, 3.8) is 0 Å². The number of hydrogen-bond donors (Lipinski definition) is 1. The van der Waals surface area contributed by atoms with Crippen LogP contribution < -0.4 is 9.64 Å². The Balaban J connectivity index is 1.62. The number of nitrogens with zero attached hydrogens (tertiary/aromatic N) is 7. The minimum Gasteiger partial charge on any atom is -0.464 e. The molecule has 0 amide bonds. The van der Waals surface area contributed by atoms with Crippen LogP contribution in [0.15, 0.2) is 36.7 Å². The normalized spacial score (nSPS) is 15.2. The van der Waals surface area contributed by atoms with E-state index in [1.54, 1.807) is 18.2 Å². The summed E-state index contributed by atoms with van der Waals surface area (Å²) < 4.78 is 22.0. The van der Waals surface area contributed by atoms with Gasteiger partial charge in [-0.25, -0.2) is 9.37 Å². The molecule has 1 N–H and O–H groups in total. The van der Waals surface area contributed by atoms with Crippen molar-refractivity contribution in [1.82, 2.24) is 35.0 Å². The van der Waals surface area contributed by atoms with Gasteiger partial charge >= 0.3 is 0 Å². The highest BCUT2D eigenvalue weighted by molar-refractivity contribution is 5.66. The van der Waals surface area contributed by atoms with Crippen LogP contribution in [0.1, 0.15) is 31.7 Å². The molecule has 29 heavy (non-hydrogen) atoms. The molecule has 0 saturated carbocycles. The number of H-pyrrole nitrogens is 1. The summed E-state index contributed by atoms with van der Waals surface area (Å²) in [6, 6.07) is 8.31. The van der Waals surface area contributed by atoms with Gasteiger partial charge in [-0.15, -0.1) is 15.3 Å². The van der Waals surface area contributed by atoms with Gasteiger partial charge in [0.15, 0.2) is 23.4 Å². The monoisotopic (exact) mass is 394 g/mol. The molecule has 0 bridgehead atoms. The molecule has 10 heteroatoms. The van der Waals surface area contributed by atoms with Gasteiger partial charge in [-0.05, 0) is 31.9 Å². The first-order valence-corrected chi connectivity index (χ1v) is 9.49. The summed E-state index contributed by atoms with van der Waals surface area (Å²) in [4.78, 5) is 6.37. The standard InChI is InChI=1S/C19H19FN8O/c1-12(17-21-11-22-24-17)29-19-15(27-8-4-5-9-27)10-16-23-25-18(28(16)26-19)13-6-2-3-7-14(13)20/h2-3,6-7,10-12H,4-5,8-9H2,1H3,(H,21,22,24). The SMILES string of the molecule is CC(Oc1nn2c(-c3ccccc3F)nnc2cc1N1CCCC1)c1nc[nH]n1. The maximum absolute atomic E-state index is 14.3. The molecule has 0 radical (unpaired) electrons. The Morgan fingerprint density at radius 1 is 1.17 bits per heavy atom. The number of benzene rings is 1. The van der Waals surface area contributed by atoms with E-state index < -0.39 is 6.10 Å².